The van der Waals surface area contributed by atoms with Gasteiger partial charge in [0.05, 0.1) is 27.5 Å². The summed E-state index contributed by atoms with van der Waals surface area (Å²) in [6.45, 7) is 7.80. The lowest BCUT2D eigenvalue weighted by Gasteiger charge is -2.02. The molecule has 5 rings (SSSR count). The molecule has 2 N–H and O–H groups in total. The topological polar surface area (TPSA) is 69.7 Å². The number of aromatic nitrogens is 4. The predicted molar refractivity (Wildman–Crippen MR) is 132 cm³/mol. The molecule has 0 aliphatic heterocycles. The van der Waals surface area contributed by atoms with Crippen molar-refractivity contribution in [2.75, 3.05) is 0 Å². The highest BCUT2D eigenvalue weighted by molar-refractivity contribution is 7.15. The molecule has 0 spiro atoms. The van der Waals surface area contributed by atoms with Crippen molar-refractivity contribution in [1.29, 1.82) is 0 Å². The number of allylic oxidation sites excluding steroid dienone is 2. The fourth-order valence-electron chi connectivity index (χ4n) is 3.77. The van der Waals surface area contributed by atoms with Crippen LogP contribution in [0.3, 0.4) is 0 Å². The number of rotatable bonds is 5. The van der Waals surface area contributed by atoms with Crippen molar-refractivity contribution < 1.29 is 0 Å². The van der Waals surface area contributed by atoms with Crippen molar-refractivity contribution in [1.82, 2.24) is 20.2 Å². The Morgan fingerprint density at radius 2 is 1.94 bits per heavy atom. The van der Waals surface area contributed by atoms with Crippen molar-refractivity contribution in [3.63, 3.8) is 0 Å². The molecule has 0 radical (unpaired) electrons. The summed E-state index contributed by atoms with van der Waals surface area (Å²) >= 11 is 1.75. The number of aliphatic imine (C=N–C) groups is 1. The minimum Gasteiger partial charge on any atom is -0.353 e. The molecule has 5 aromatic rings. The zero-order valence-electron chi connectivity index (χ0n) is 17.3. The number of H-pyrrole nitrogens is 2. The zero-order valence-corrected chi connectivity index (χ0v) is 18.1. The summed E-state index contributed by atoms with van der Waals surface area (Å²) in [5.41, 5.74) is 6.78. The largest absolute Gasteiger partial charge is 0.353 e. The molecule has 152 valence electrons. The third kappa shape index (κ3) is 3.41. The molecule has 0 saturated carbocycles. The van der Waals surface area contributed by atoms with Gasteiger partial charge in [0.25, 0.3) is 0 Å². The van der Waals surface area contributed by atoms with E-state index in [0.29, 0.717) is 0 Å². The van der Waals surface area contributed by atoms with Crippen molar-refractivity contribution in [2.24, 2.45) is 4.99 Å². The zero-order chi connectivity index (χ0) is 21.4. The Balaban J connectivity index is 1.65. The summed E-state index contributed by atoms with van der Waals surface area (Å²) < 4.78 is 0. The van der Waals surface area contributed by atoms with Crippen LogP contribution in [-0.4, -0.2) is 26.4 Å². The number of thiophene rings is 1. The minimum atomic E-state index is 0.879. The van der Waals surface area contributed by atoms with Gasteiger partial charge in [0.15, 0.2) is 0 Å². The van der Waals surface area contributed by atoms with Crippen LogP contribution in [0.25, 0.3) is 49.5 Å². The predicted octanol–water partition coefficient (Wildman–Crippen LogP) is 6.76. The SMILES string of the molecule is C=CC=N/C(=C\C)c1ccc2[nH]nc(-c3cc4c(-c5ccc(C)s5)nccc4[nH]3)c2c1. The van der Waals surface area contributed by atoms with Gasteiger partial charge in [-0.2, -0.15) is 5.10 Å². The molecule has 31 heavy (non-hydrogen) atoms. The molecule has 0 aliphatic rings. The summed E-state index contributed by atoms with van der Waals surface area (Å²) in [4.78, 5) is 15.1. The number of fused-ring (bicyclic) bond motifs is 2. The van der Waals surface area contributed by atoms with E-state index < -0.39 is 0 Å². The van der Waals surface area contributed by atoms with Crippen LogP contribution in [0.4, 0.5) is 0 Å². The summed E-state index contributed by atoms with van der Waals surface area (Å²) in [5, 5.41) is 9.89. The van der Waals surface area contributed by atoms with E-state index in [0.717, 1.165) is 50.1 Å². The molecule has 4 aromatic heterocycles. The molecular weight excluding hydrogens is 402 g/mol. The molecule has 0 fully saturated rings. The van der Waals surface area contributed by atoms with Gasteiger partial charge in [-0.25, -0.2) is 0 Å². The smallest absolute Gasteiger partial charge is 0.116 e. The van der Waals surface area contributed by atoms with Gasteiger partial charge < -0.3 is 4.98 Å². The fraction of sp³-hybridized carbons (Fsp3) is 0.0800. The number of hydrogen-bond acceptors (Lipinski definition) is 4. The monoisotopic (exact) mass is 423 g/mol. The highest BCUT2D eigenvalue weighted by atomic mass is 32.1. The summed E-state index contributed by atoms with van der Waals surface area (Å²) in [6, 6.07) is 14.6. The number of pyridine rings is 1. The maximum absolute atomic E-state index is 4.66. The highest BCUT2D eigenvalue weighted by Crippen LogP contribution is 2.35. The molecule has 5 nitrogen and oxygen atoms in total. The van der Waals surface area contributed by atoms with E-state index in [1.54, 1.807) is 23.6 Å². The van der Waals surface area contributed by atoms with E-state index in [1.807, 2.05) is 37.4 Å². The lowest BCUT2D eigenvalue weighted by molar-refractivity contribution is 1.12. The van der Waals surface area contributed by atoms with Crippen LogP contribution in [0.1, 0.15) is 17.4 Å². The molecule has 6 heteroatoms. The van der Waals surface area contributed by atoms with Crippen LogP contribution < -0.4 is 0 Å². The summed E-state index contributed by atoms with van der Waals surface area (Å²) in [5.74, 6) is 0. The minimum absolute atomic E-state index is 0.879. The van der Waals surface area contributed by atoms with Crippen LogP contribution in [0, 0.1) is 6.92 Å². The number of aromatic amines is 2. The number of benzene rings is 1. The van der Waals surface area contributed by atoms with Gasteiger partial charge in [0, 0.05) is 39.1 Å². The van der Waals surface area contributed by atoms with Gasteiger partial charge in [0.2, 0.25) is 0 Å². The van der Waals surface area contributed by atoms with Crippen LogP contribution >= 0.6 is 11.3 Å². The van der Waals surface area contributed by atoms with Gasteiger partial charge in [-0.3, -0.25) is 15.1 Å². The Bertz CT molecular complexity index is 1480. The summed E-state index contributed by atoms with van der Waals surface area (Å²) in [6.07, 6.45) is 7.22. The first kappa shape index (κ1) is 19.2. The third-order valence-electron chi connectivity index (χ3n) is 5.23. The van der Waals surface area contributed by atoms with Gasteiger partial charge in [-0.05, 0) is 50.2 Å². The normalized spacial score (nSPS) is 12.4. The van der Waals surface area contributed by atoms with E-state index in [1.165, 1.54) is 9.75 Å². The Hall–Kier alpha value is -3.77. The van der Waals surface area contributed by atoms with Gasteiger partial charge >= 0.3 is 0 Å². The van der Waals surface area contributed by atoms with E-state index >= 15 is 0 Å². The second-order valence-electron chi connectivity index (χ2n) is 7.23. The number of aryl methyl sites for hydroxylation is 1. The number of nitrogens with zero attached hydrogens (tertiary/aromatic N) is 3. The number of nitrogens with one attached hydrogen (secondary N) is 2. The second kappa shape index (κ2) is 7.81. The first-order chi connectivity index (χ1) is 15.2. The maximum Gasteiger partial charge on any atom is 0.116 e. The van der Waals surface area contributed by atoms with Crippen molar-refractivity contribution in [2.45, 2.75) is 13.8 Å². The van der Waals surface area contributed by atoms with E-state index in [-0.39, 0.29) is 0 Å². The van der Waals surface area contributed by atoms with Crippen molar-refractivity contribution in [3.05, 3.63) is 77.8 Å². The molecule has 0 saturated heterocycles. The van der Waals surface area contributed by atoms with Gasteiger partial charge in [-0.1, -0.05) is 24.8 Å². The van der Waals surface area contributed by atoms with Crippen molar-refractivity contribution in [3.8, 4) is 22.0 Å². The average Bonchev–Trinajstić information content (AvgIpc) is 3.51. The molecule has 4 heterocycles. The van der Waals surface area contributed by atoms with Crippen molar-refractivity contribution >= 4 is 45.1 Å². The van der Waals surface area contributed by atoms with Crippen LogP contribution in [0.2, 0.25) is 0 Å². The molecule has 0 bridgehead atoms. The van der Waals surface area contributed by atoms with Gasteiger partial charge in [-0.15, -0.1) is 11.3 Å². The third-order valence-corrected chi connectivity index (χ3v) is 6.24. The standard InChI is InChI=1S/C25H21N5S/c1-4-11-26-19(5-2)16-7-8-21-17(13-16)24(30-29-21)22-14-18-20(28-22)10-12-27-25(18)23-9-6-15(3)31-23/h4-14,28H,1H2,2-3H3,(H,29,30)/b19-5-,26-11?. The molecule has 0 amide bonds. The Morgan fingerprint density at radius 1 is 1.06 bits per heavy atom. The van der Waals surface area contributed by atoms with E-state index in [4.69, 9.17) is 0 Å². The fourth-order valence-corrected chi connectivity index (χ4v) is 4.65. The van der Waals surface area contributed by atoms with E-state index in [2.05, 4.69) is 62.9 Å². The summed E-state index contributed by atoms with van der Waals surface area (Å²) in [7, 11) is 0. The molecule has 0 atom stereocenters. The lowest BCUT2D eigenvalue weighted by Crippen LogP contribution is -1.83. The second-order valence-corrected chi connectivity index (χ2v) is 8.52. The number of hydrogen-bond donors (Lipinski definition) is 2. The highest BCUT2D eigenvalue weighted by Gasteiger charge is 2.15. The maximum atomic E-state index is 4.66. The van der Waals surface area contributed by atoms with Gasteiger partial charge in [0.1, 0.15) is 5.69 Å². The molecular formula is C25H21N5S. The van der Waals surface area contributed by atoms with E-state index in [9.17, 15) is 0 Å². The Morgan fingerprint density at radius 3 is 2.71 bits per heavy atom. The van der Waals surface area contributed by atoms with Crippen LogP contribution in [0.5, 0.6) is 0 Å². The van der Waals surface area contributed by atoms with Crippen LogP contribution in [0.15, 0.2) is 72.4 Å². The lowest BCUT2D eigenvalue weighted by atomic mass is 10.1. The first-order valence-electron chi connectivity index (χ1n) is 10.0. The van der Waals surface area contributed by atoms with Crippen LogP contribution in [-0.2, 0) is 0 Å². The molecule has 1 aromatic carbocycles. The Kier molecular flexibility index (Phi) is 4.84. The Labute approximate surface area is 183 Å². The average molecular weight is 424 g/mol. The first-order valence-corrected chi connectivity index (χ1v) is 10.8. The molecule has 0 unspecified atom stereocenters. The molecule has 0 aliphatic carbocycles. The quantitative estimate of drug-likeness (QED) is 0.307.